The Morgan fingerprint density at radius 1 is 1.43 bits per heavy atom. The van der Waals surface area contributed by atoms with E-state index in [0.717, 1.165) is 31.2 Å². The predicted molar refractivity (Wildman–Crippen MR) is 105 cm³/mol. The van der Waals surface area contributed by atoms with Crippen molar-refractivity contribution < 1.29 is 14.5 Å². The van der Waals surface area contributed by atoms with Gasteiger partial charge in [-0.2, -0.15) is 10.4 Å². The summed E-state index contributed by atoms with van der Waals surface area (Å²) in [7, 11) is -0.952. The Morgan fingerprint density at radius 3 is 3.04 bits per heavy atom. The molecule has 142 valence electrons. The van der Waals surface area contributed by atoms with Gasteiger partial charge < -0.3 is 20.7 Å². The minimum atomic E-state index is -0.952. The van der Waals surface area contributed by atoms with Gasteiger partial charge in [0.05, 0.1) is 18.0 Å². The molecule has 4 rings (SSSR count). The number of hydrogen-bond acceptors (Lipinski definition) is 6. The summed E-state index contributed by atoms with van der Waals surface area (Å²) in [5, 5.41) is 26.6. The minimum Gasteiger partial charge on any atom is -0.532 e. The van der Waals surface area contributed by atoms with Gasteiger partial charge in [-0.05, 0) is 37.0 Å². The summed E-state index contributed by atoms with van der Waals surface area (Å²) in [4.78, 5) is 11.9. The fourth-order valence-electron chi connectivity index (χ4n) is 3.77. The number of rotatable bonds is 4. The standard InChI is InChI=1S/C19H20BN5O3/c21-10-13-3-1-2-4-16(13)25-11-15(18(22)26)19(24-25)23-14-5-6-17-12(9-14)7-8-20(27)28-17/h5-9,11,13,16,27H,1-4H2,(H2,22,26)(H,23,24). The van der Waals surface area contributed by atoms with Gasteiger partial charge in [-0.1, -0.05) is 18.9 Å². The molecule has 1 fully saturated rings. The minimum absolute atomic E-state index is 0.0613. The van der Waals surface area contributed by atoms with E-state index in [1.54, 1.807) is 35.1 Å². The number of aromatic nitrogens is 2. The van der Waals surface area contributed by atoms with Gasteiger partial charge in [0.1, 0.15) is 11.3 Å². The Morgan fingerprint density at radius 2 is 2.25 bits per heavy atom. The summed E-state index contributed by atoms with van der Waals surface area (Å²) in [6.07, 6.45) is 7.13. The van der Waals surface area contributed by atoms with Gasteiger partial charge in [-0.3, -0.25) is 9.48 Å². The number of nitriles is 1. The molecule has 2 aliphatic rings. The van der Waals surface area contributed by atoms with Crippen LogP contribution in [-0.4, -0.2) is 27.8 Å². The highest BCUT2D eigenvalue weighted by atomic mass is 16.5. The predicted octanol–water partition coefficient (Wildman–Crippen LogP) is 2.41. The molecular weight excluding hydrogens is 357 g/mol. The van der Waals surface area contributed by atoms with Gasteiger partial charge in [0, 0.05) is 17.4 Å². The SMILES string of the molecule is N#CC1CCCCC1n1cc(C(N)=O)c(Nc2ccc3c(c2)C=CB(O)O3)n1. The van der Waals surface area contributed by atoms with Gasteiger partial charge >= 0.3 is 7.12 Å². The van der Waals surface area contributed by atoms with Crippen molar-refractivity contribution in [3.8, 4) is 11.8 Å². The first kappa shape index (κ1) is 18.1. The van der Waals surface area contributed by atoms with Crippen LogP contribution < -0.4 is 15.7 Å². The third-order valence-corrected chi connectivity index (χ3v) is 5.19. The highest BCUT2D eigenvalue weighted by Crippen LogP contribution is 2.35. The lowest BCUT2D eigenvalue weighted by Gasteiger charge is -2.26. The van der Waals surface area contributed by atoms with Gasteiger partial charge in [0.25, 0.3) is 5.91 Å². The van der Waals surface area contributed by atoms with E-state index in [1.807, 2.05) is 6.07 Å². The van der Waals surface area contributed by atoms with Crippen LogP contribution in [0.3, 0.4) is 0 Å². The maximum Gasteiger partial charge on any atom is 0.552 e. The van der Waals surface area contributed by atoms with Crippen LogP contribution in [-0.2, 0) is 0 Å². The largest absolute Gasteiger partial charge is 0.552 e. The van der Waals surface area contributed by atoms with Crippen molar-refractivity contribution in [2.75, 3.05) is 5.32 Å². The van der Waals surface area contributed by atoms with E-state index >= 15 is 0 Å². The van der Waals surface area contributed by atoms with Crippen molar-refractivity contribution in [3.63, 3.8) is 0 Å². The molecule has 2 atom stereocenters. The Balaban J connectivity index is 1.63. The van der Waals surface area contributed by atoms with Crippen LogP contribution in [0.2, 0.25) is 0 Å². The highest BCUT2D eigenvalue weighted by molar-refractivity contribution is 6.51. The van der Waals surface area contributed by atoms with Crippen molar-refractivity contribution in [1.29, 1.82) is 5.26 Å². The van der Waals surface area contributed by atoms with Crippen LogP contribution in [0.1, 0.15) is 47.6 Å². The molecule has 2 aromatic rings. The van der Waals surface area contributed by atoms with E-state index in [-0.39, 0.29) is 17.5 Å². The van der Waals surface area contributed by atoms with Crippen molar-refractivity contribution in [2.45, 2.75) is 31.7 Å². The fourth-order valence-corrected chi connectivity index (χ4v) is 3.77. The van der Waals surface area contributed by atoms with E-state index in [0.29, 0.717) is 17.3 Å². The van der Waals surface area contributed by atoms with E-state index in [1.165, 1.54) is 0 Å². The number of nitrogens with one attached hydrogen (secondary N) is 1. The van der Waals surface area contributed by atoms with Crippen LogP contribution in [0.15, 0.2) is 30.4 Å². The summed E-state index contributed by atoms with van der Waals surface area (Å²) in [5.74, 6) is 1.76. The molecule has 0 bridgehead atoms. The number of primary amides is 1. The smallest absolute Gasteiger partial charge is 0.532 e. The number of amides is 1. The fraction of sp³-hybridized carbons (Fsp3) is 0.316. The molecule has 0 radical (unpaired) electrons. The topological polar surface area (TPSA) is 126 Å². The number of nitrogens with two attached hydrogens (primary N) is 1. The van der Waals surface area contributed by atoms with Crippen LogP contribution >= 0.6 is 0 Å². The number of anilines is 2. The first-order chi connectivity index (χ1) is 13.5. The Hall–Kier alpha value is -3.25. The van der Waals surface area contributed by atoms with Crippen molar-refractivity contribution in [2.24, 2.45) is 11.7 Å². The lowest BCUT2D eigenvalue weighted by molar-refractivity contribution is 0.100. The maximum atomic E-state index is 11.9. The normalized spacial score (nSPS) is 20.8. The van der Waals surface area contributed by atoms with E-state index < -0.39 is 13.0 Å². The first-order valence-electron chi connectivity index (χ1n) is 9.27. The second-order valence-electron chi connectivity index (χ2n) is 7.07. The lowest BCUT2D eigenvalue weighted by atomic mass is 9.85. The summed E-state index contributed by atoms with van der Waals surface area (Å²) < 4.78 is 7.02. The van der Waals surface area contributed by atoms with Gasteiger partial charge in [-0.15, -0.1) is 0 Å². The van der Waals surface area contributed by atoms with Crippen molar-refractivity contribution >= 4 is 30.6 Å². The van der Waals surface area contributed by atoms with E-state index in [2.05, 4.69) is 16.5 Å². The van der Waals surface area contributed by atoms with Crippen LogP contribution in [0.5, 0.6) is 5.75 Å². The van der Waals surface area contributed by atoms with E-state index in [9.17, 15) is 15.1 Å². The molecule has 28 heavy (non-hydrogen) atoms. The number of benzene rings is 1. The zero-order valence-corrected chi connectivity index (χ0v) is 15.2. The number of carbonyl (C=O) groups excluding carboxylic acids is 1. The molecule has 9 heteroatoms. The molecule has 8 nitrogen and oxygen atoms in total. The Bertz CT molecular complexity index is 980. The zero-order chi connectivity index (χ0) is 19.7. The molecular formula is C19H20BN5O3. The summed E-state index contributed by atoms with van der Waals surface area (Å²) in [6, 6.07) is 7.64. The molecule has 0 saturated heterocycles. The van der Waals surface area contributed by atoms with Crippen LogP contribution in [0.4, 0.5) is 11.5 Å². The highest BCUT2D eigenvalue weighted by Gasteiger charge is 2.29. The molecule has 1 saturated carbocycles. The zero-order valence-electron chi connectivity index (χ0n) is 15.2. The molecule has 1 amide bonds. The lowest BCUT2D eigenvalue weighted by Crippen LogP contribution is -2.22. The maximum absolute atomic E-state index is 11.9. The van der Waals surface area contributed by atoms with Gasteiger partial charge in [0.2, 0.25) is 0 Å². The molecule has 0 spiro atoms. The Labute approximate surface area is 162 Å². The third-order valence-electron chi connectivity index (χ3n) is 5.19. The average Bonchev–Trinajstić information content (AvgIpc) is 3.12. The third kappa shape index (κ3) is 3.46. The summed E-state index contributed by atoms with van der Waals surface area (Å²) in [5.41, 5.74) is 7.33. The van der Waals surface area contributed by atoms with Crippen molar-refractivity contribution in [3.05, 3.63) is 41.5 Å². The molecule has 1 aromatic heterocycles. The molecule has 2 heterocycles. The molecule has 2 unspecified atom stereocenters. The van der Waals surface area contributed by atoms with E-state index in [4.69, 9.17) is 10.4 Å². The van der Waals surface area contributed by atoms with Gasteiger partial charge in [-0.25, -0.2) is 0 Å². The first-order valence-corrected chi connectivity index (χ1v) is 9.27. The van der Waals surface area contributed by atoms with Crippen LogP contribution in [0, 0.1) is 17.2 Å². The number of fused-ring (bicyclic) bond motifs is 1. The molecule has 1 aliphatic carbocycles. The number of nitrogens with zero attached hydrogens (tertiary/aromatic N) is 3. The Kier molecular flexibility index (Phi) is 4.80. The number of carbonyl (C=O) groups is 1. The molecule has 1 aliphatic heterocycles. The second-order valence-corrected chi connectivity index (χ2v) is 7.07. The summed E-state index contributed by atoms with van der Waals surface area (Å²) >= 11 is 0. The molecule has 1 aromatic carbocycles. The second kappa shape index (κ2) is 7.41. The quantitative estimate of drug-likeness (QED) is 0.703. The van der Waals surface area contributed by atoms with Gasteiger partial charge in [0.15, 0.2) is 5.82 Å². The van der Waals surface area contributed by atoms with Crippen molar-refractivity contribution in [1.82, 2.24) is 9.78 Å². The number of hydrogen-bond donors (Lipinski definition) is 3. The monoisotopic (exact) mass is 377 g/mol. The average molecular weight is 377 g/mol. The summed E-state index contributed by atoms with van der Waals surface area (Å²) in [6.45, 7) is 0. The van der Waals surface area contributed by atoms with Crippen LogP contribution in [0.25, 0.3) is 6.08 Å². The molecule has 4 N–H and O–H groups in total.